The number of benzene rings is 1. The van der Waals surface area contributed by atoms with Gasteiger partial charge in [0.15, 0.2) is 0 Å². The van der Waals surface area contributed by atoms with Crippen LogP contribution in [0.5, 0.6) is 0 Å². The van der Waals surface area contributed by atoms with Crippen molar-refractivity contribution in [3.05, 3.63) is 59.4 Å². The Morgan fingerprint density at radius 2 is 1.96 bits per heavy atom. The van der Waals surface area contributed by atoms with Gasteiger partial charge in [0.25, 0.3) is 5.91 Å². The largest absolute Gasteiger partial charge is 0.433 e. The van der Waals surface area contributed by atoms with Crippen LogP contribution in [0.4, 0.5) is 18.9 Å². The van der Waals surface area contributed by atoms with Gasteiger partial charge in [0.05, 0.1) is 24.3 Å². The minimum Gasteiger partial charge on any atom is -0.345 e. The molecule has 1 aromatic heterocycles. The fraction of sp³-hybridized carbons (Fsp3) is 0.188. The molecule has 24 heavy (non-hydrogen) atoms. The van der Waals surface area contributed by atoms with E-state index in [4.69, 9.17) is 0 Å². The molecule has 0 radical (unpaired) electrons. The Labute approximate surface area is 134 Å². The van der Waals surface area contributed by atoms with Crippen molar-refractivity contribution in [2.75, 3.05) is 5.32 Å². The molecule has 2 N–H and O–H groups in total. The fourth-order valence-corrected chi connectivity index (χ4v) is 2.52. The summed E-state index contributed by atoms with van der Waals surface area (Å²) < 4.78 is 37.3. The van der Waals surface area contributed by atoms with Crippen LogP contribution in [-0.4, -0.2) is 16.8 Å². The minimum absolute atomic E-state index is 0.0240. The van der Waals surface area contributed by atoms with Gasteiger partial charge in [0.2, 0.25) is 5.91 Å². The highest BCUT2D eigenvalue weighted by molar-refractivity contribution is 6.00. The number of hydrogen-bond acceptors (Lipinski definition) is 3. The number of halogens is 3. The molecular formula is C16H12F3N3O2. The Morgan fingerprint density at radius 1 is 1.21 bits per heavy atom. The molecule has 1 aliphatic heterocycles. The average molecular weight is 335 g/mol. The van der Waals surface area contributed by atoms with Gasteiger partial charge in [0.1, 0.15) is 5.69 Å². The number of anilines is 1. The first-order chi connectivity index (χ1) is 11.3. The van der Waals surface area contributed by atoms with Crippen LogP contribution in [-0.2, 0) is 11.0 Å². The SMILES string of the molecule is O=C(C[C@@H]1NC(=O)c2ccccc21)Nc1ccc(C(F)(F)F)nc1. The van der Waals surface area contributed by atoms with Crippen molar-refractivity contribution in [1.82, 2.24) is 10.3 Å². The number of amides is 2. The molecule has 2 heterocycles. The molecule has 0 unspecified atom stereocenters. The van der Waals surface area contributed by atoms with Crippen LogP contribution in [0.3, 0.4) is 0 Å². The molecule has 0 saturated heterocycles. The van der Waals surface area contributed by atoms with Gasteiger partial charge >= 0.3 is 6.18 Å². The lowest BCUT2D eigenvalue weighted by Gasteiger charge is -2.12. The summed E-state index contributed by atoms with van der Waals surface area (Å²) >= 11 is 0. The predicted molar refractivity (Wildman–Crippen MR) is 79.1 cm³/mol. The summed E-state index contributed by atoms with van der Waals surface area (Å²) in [5.41, 5.74) is 0.373. The molecule has 8 heteroatoms. The highest BCUT2D eigenvalue weighted by Gasteiger charge is 2.32. The van der Waals surface area contributed by atoms with Crippen LogP contribution in [0.1, 0.15) is 34.1 Å². The van der Waals surface area contributed by atoms with Crippen molar-refractivity contribution in [3.8, 4) is 0 Å². The average Bonchev–Trinajstić information content (AvgIpc) is 2.83. The maximum atomic E-state index is 12.4. The van der Waals surface area contributed by atoms with Crippen molar-refractivity contribution in [2.24, 2.45) is 0 Å². The Balaban J connectivity index is 1.66. The van der Waals surface area contributed by atoms with E-state index in [0.29, 0.717) is 5.56 Å². The van der Waals surface area contributed by atoms with Gasteiger partial charge in [-0.25, -0.2) is 4.98 Å². The number of carbonyl (C=O) groups excluding carboxylic acids is 2. The number of hydrogen-bond donors (Lipinski definition) is 2. The molecule has 124 valence electrons. The zero-order chi connectivity index (χ0) is 17.3. The Kier molecular flexibility index (Phi) is 3.96. The third-order valence-corrected chi connectivity index (χ3v) is 3.61. The lowest BCUT2D eigenvalue weighted by Crippen LogP contribution is -2.24. The number of pyridine rings is 1. The molecule has 2 aromatic rings. The fourth-order valence-electron chi connectivity index (χ4n) is 2.52. The van der Waals surface area contributed by atoms with Crippen molar-refractivity contribution in [1.29, 1.82) is 0 Å². The molecule has 0 fully saturated rings. The van der Waals surface area contributed by atoms with Gasteiger partial charge < -0.3 is 10.6 Å². The van der Waals surface area contributed by atoms with Crippen LogP contribution in [0.25, 0.3) is 0 Å². The molecule has 1 aliphatic rings. The van der Waals surface area contributed by atoms with Gasteiger partial charge in [0, 0.05) is 5.56 Å². The first-order valence-electron chi connectivity index (χ1n) is 7.07. The number of nitrogens with one attached hydrogen (secondary N) is 2. The van der Waals surface area contributed by atoms with Gasteiger partial charge in [-0.1, -0.05) is 18.2 Å². The van der Waals surface area contributed by atoms with E-state index in [-0.39, 0.29) is 18.0 Å². The second-order valence-electron chi connectivity index (χ2n) is 5.30. The van der Waals surface area contributed by atoms with E-state index in [1.165, 1.54) is 0 Å². The summed E-state index contributed by atoms with van der Waals surface area (Å²) in [5, 5.41) is 5.17. The van der Waals surface area contributed by atoms with Crippen molar-refractivity contribution in [2.45, 2.75) is 18.6 Å². The van der Waals surface area contributed by atoms with Gasteiger partial charge in [-0.05, 0) is 23.8 Å². The molecular weight excluding hydrogens is 323 g/mol. The molecule has 1 atom stereocenters. The quantitative estimate of drug-likeness (QED) is 0.906. The van der Waals surface area contributed by atoms with E-state index in [2.05, 4.69) is 15.6 Å². The van der Waals surface area contributed by atoms with E-state index in [0.717, 1.165) is 23.9 Å². The summed E-state index contributed by atoms with van der Waals surface area (Å²) in [6.07, 6.45) is -3.61. The second-order valence-corrected chi connectivity index (χ2v) is 5.30. The summed E-state index contributed by atoms with van der Waals surface area (Å²) in [6.45, 7) is 0. The summed E-state index contributed by atoms with van der Waals surface area (Å²) in [4.78, 5) is 27.1. The lowest BCUT2D eigenvalue weighted by molar-refractivity contribution is -0.141. The molecule has 0 aliphatic carbocycles. The number of fused-ring (bicyclic) bond motifs is 1. The smallest absolute Gasteiger partial charge is 0.345 e. The Hall–Kier alpha value is -2.90. The third kappa shape index (κ3) is 3.22. The van der Waals surface area contributed by atoms with Crippen molar-refractivity contribution < 1.29 is 22.8 Å². The van der Waals surface area contributed by atoms with Crippen LogP contribution < -0.4 is 10.6 Å². The van der Waals surface area contributed by atoms with Crippen LogP contribution in [0, 0.1) is 0 Å². The van der Waals surface area contributed by atoms with Gasteiger partial charge in [-0.3, -0.25) is 9.59 Å². The van der Waals surface area contributed by atoms with Gasteiger partial charge in [-0.15, -0.1) is 0 Å². The zero-order valence-corrected chi connectivity index (χ0v) is 12.2. The number of carbonyl (C=O) groups is 2. The highest BCUT2D eigenvalue weighted by Crippen LogP contribution is 2.29. The zero-order valence-electron chi connectivity index (χ0n) is 12.2. The topological polar surface area (TPSA) is 71.1 Å². The number of alkyl halides is 3. The lowest BCUT2D eigenvalue weighted by atomic mass is 10.0. The maximum absolute atomic E-state index is 12.4. The monoisotopic (exact) mass is 335 g/mol. The summed E-state index contributed by atoms with van der Waals surface area (Å²) in [7, 11) is 0. The van der Waals surface area contributed by atoms with E-state index >= 15 is 0 Å². The normalized spacial score (nSPS) is 16.5. The van der Waals surface area contributed by atoms with Crippen molar-refractivity contribution in [3.63, 3.8) is 0 Å². The first kappa shape index (κ1) is 16.0. The predicted octanol–water partition coefficient (Wildman–Crippen LogP) is 2.91. The number of rotatable bonds is 3. The van der Waals surface area contributed by atoms with Crippen LogP contribution in [0.15, 0.2) is 42.6 Å². The Bertz CT molecular complexity index is 788. The minimum atomic E-state index is -4.53. The standard InChI is InChI=1S/C16H12F3N3O2/c17-16(18,19)13-6-5-9(8-20-13)21-14(23)7-12-10-3-1-2-4-11(10)15(24)22-12/h1-6,8,12H,7H2,(H,21,23)(H,22,24)/t12-/m0/s1. The molecule has 0 bridgehead atoms. The van der Waals surface area contributed by atoms with Gasteiger partial charge in [-0.2, -0.15) is 13.2 Å². The van der Waals surface area contributed by atoms with Crippen molar-refractivity contribution >= 4 is 17.5 Å². The second kappa shape index (κ2) is 5.95. The van der Waals surface area contributed by atoms with E-state index in [1.807, 2.05) is 0 Å². The summed E-state index contributed by atoms with van der Waals surface area (Å²) in [6, 6.07) is 8.39. The first-order valence-corrected chi connectivity index (χ1v) is 7.07. The molecule has 5 nitrogen and oxygen atoms in total. The van der Waals surface area contributed by atoms with Crippen LogP contribution >= 0.6 is 0 Å². The Morgan fingerprint density at radius 3 is 2.62 bits per heavy atom. The summed E-state index contributed by atoms with van der Waals surface area (Å²) in [5.74, 6) is -0.682. The molecule has 2 amide bonds. The third-order valence-electron chi connectivity index (χ3n) is 3.61. The van der Waals surface area contributed by atoms with E-state index in [9.17, 15) is 22.8 Å². The molecule has 0 spiro atoms. The van der Waals surface area contributed by atoms with E-state index < -0.39 is 23.8 Å². The molecule has 0 saturated carbocycles. The number of aromatic nitrogens is 1. The molecule has 1 aromatic carbocycles. The maximum Gasteiger partial charge on any atom is 0.433 e. The molecule has 3 rings (SSSR count). The number of nitrogens with zero attached hydrogens (tertiary/aromatic N) is 1. The van der Waals surface area contributed by atoms with Crippen LogP contribution in [0.2, 0.25) is 0 Å². The van der Waals surface area contributed by atoms with E-state index in [1.54, 1.807) is 24.3 Å². The highest BCUT2D eigenvalue weighted by atomic mass is 19.4.